The van der Waals surface area contributed by atoms with Crippen molar-refractivity contribution in [2.75, 3.05) is 26.2 Å². The van der Waals surface area contributed by atoms with E-state index in [1.54, 1.807) is 4.90 Å². The highest BCUT2D eigenvalue weighted by Crippen LogP contribution is 2.36. The Morgan fingerprint density at radius 3 is 2.86 bits per heavy atom. The summed E-state index contributed by atoms with van der Waals surface area (Å²) in [6.45, 7) is 2.66. The highest BCUT2D eigenvalue weighted by molar-refractivity contribution is 5.88. The van der Waals surface area contributed by atoms with Crippen molar-refractivity contribution >= 4 is 11.9 Å². The van der Waals surface area contributed by atoms with E-state index in [0.717, 1.165) is 24.9 Å². The number of Topliss-reactive ketones (excluding diaryl/α,β-unsaturated/α-hetero) is 1. The predicted octanol–water partition coefficient (Wildman–Crippen LogP) is 1.58. The van der Waals surface area contributed by atoms with Gasteiger partial charge in [0.05, 0.1) is 12.0 Å². The van der Waals surface area contributed by atoms with E-state index in [1.165, 1.54) is 0 Å². The standard InChI is InChI=1S/C16H20N2O3/c19-14-10-17-8-6-16(14)7-9-18(12-16)15(20)21-11-13-4-2-1-3-5-13/h1-5,17H,6-12H2. The molecule has 0 aliphatic carbocycles. The fourth-order valence-electron chi connectivity index (χ4n) is 3.13. The molecule has 21 heavy (non-hydrogen) atoms. The molecule has 1 unspecified atom stereocenters. The van der Waals surface area contributed by atoms with Gasteiger partial charge in [0.1, 0.15) is 6.61 Å². The largest absolute Gasteiger partial charge is 0.445 e. The summed E-state index contributed by atoms with van der Waals surface area (Å²) in [4.78, 5) is 25.9. The Balaban J connectivity index is 1.56. The van der Waals surface area contributed by atoms with Gasteiger partial charge in [0, 0.05) is 13.1 Å². The molecule has 1 aromatic rings. The number of nitrogens with one attached hydrogen (secondary N) is 1. The zero-order valence-corrected chi connectivity index (χ0v) is 12.0. The third kappa shape index (κ3) is 2.93. The van der Waals surface area contributed by atoms with Crippen molar-refractivity contribution in [1.82, 2.24) is 10.2 Å². The van der Waals surface area contributed by atoms with Gasteiger partial charge in [-0.05, 0) is 24.9 Å². The number of piperidine rings is 1. The van der Waals surface area contributed by atoms with Crippen molar-refractivity contribution in [1.29, 1.82) is 0 Å². The van der Waals surface area contributed by atoms with E-state index in [1.807, 2.05) is 30.3 Å². The third-order valence-corrected chi connectivity index (χ3v) is 4.47. The lowest BCUT2D eigenvalue weighted by molar-refractivity contribution is -0.129. The molecule has 0 aromatic heterocycles. The van der Waals surface area contributed by atoms with Crippen molar-refractivity contribution in [2.45, 2.75) is 19.4 Å². The molecule has 5 nitrogen and oxygen atoms in total. The minimum atomic E-state index is -0.336. The topological polar surface area (TPSA) is 58.6 Å². The summed E-state index contributed by atoms with van der Waals surface area (Å²) in [5.74, 6) is 0.229. The van der Waals surface area contributed by atoms with Gasteiger partial charge in [-0.2, -0.15) is 0 Å². The Hall–Kier alpha value is -1.88. The Kier molecular flexibility index (Phi) is 3.92. The molecule has 2 heterocycles. The highest BCUT2D eigenvalue weighted by atomic mass is 16.6. The molecule has 2 aliphatic heterocycles. The van der Waals surface area contributed by atoms with Crippen LogP contribution in [-0.2, 0) is 16.1 Å². The van der Waals surface area contributed by atoms with Crippen LogP contribution in [0.1, 0.15) is 18.4 Å². The molecule has 0 saturated carbocycles. The normalized spacial score (nSPS) is 25.3. The first-order chi connectivity index (χ1) is 10.2. The Labute approximate surface area is 124 Å². The molecule has 2 saturated heterocycles. The maximum atomic E-state index is 12.1. The number of ether oxygens (including phenoxy) is 1. The van der Waals surface area contributed by atoms with Gasteiger partial charge in [-0.25, -0.2) is 4.79 Å². The first-order valence-electron chi connectivity index (χ1n) is 7.39. The molecule has 0 bridgehead atoms. The SMILES string of the molecule is O=C(OCc1ccccc1)N1CCC2(CCNCC2=O)C1. The molecular weight excluding hydrogens is 268 g/mol. The van der Waals surface area contributed by atoms with Gasteiger partial charge >= 0.3 is 6.09 Å². The van der Waals surface area contributed by atoms with Crippen LogP contribution in [0.5, 0.6) is 0 Å². The Morgan fingerprint density at radius 1 is 1.29 bits per heavy atom. The number of rotatable bonds is 2. The molecule has 2 aliphatic rings. The van der Waals surface area contributed by atoms with Crippen LogP contribution in [0, 0.1) is 5.41 Å². The van der Waals surface area contributed by atoms with Crippen molar-refractivity contribution in [2.24, 2.45) is 5.41 Å². The Morgan fingerprint density at radius 2 is 2.10 bits per heavy atom. The lowest BCUT2D eigenvalue weighted by Crippen LogP contribution is -2.47. The molecule has 1 spiro atoms. The summed E-state index contributed by atoms with van der Waals surface area (Å²) < 4.78 is 5.34. The van der Waals surface area contributed by atoms with Crippen molar-refractivity contribution in [3.05, 3.63) is 35.9 Å². The van der Waals surface area contributed by atoms with Crippen molar-refractivity contribution in [3.63, 3.8) is 0 Å². The van der Waals surface area contributed by atoms with Crippen molar-refractivity contribution < 1.29 is 14.3 Å². The Bertz CT molecular complexity index is 532. The minimum Gasteiger partial charge on any atom is -0.445 e. The second kappa shape index (κ2) is 5.85. The van der Waals surface area contributed by atoms with Crippen LogP contribution in [0.3, 0.4) is 0 Å². The minimum absolute atomic E-state index is 0.229. The molecule has 1 aromatic carbocycles. The fourth-order valence-corrected chi connectivity index (χ4v) is 3.13. The van der Waals surface area contributed by atoms with Crippen LogP contribution in [0.15, 0.2) is 30.3 Å². The molecular formula is C16H20N2O3. The van der Waals surface area contributed by atoms with E-state index in [2.05, 4.69) is 5.32 Å². The molecule has 2 fully saturated rings. The average molecular weight is 288 g/mol. The van der Waals surface area contributed by atoms with E-state index in [4.69, 9.17) is 4.74 Å². The summed E-state index contributed by atoms with van der Waals surface area (Å²) in [5, 5.41) is 3.09. The van der Waals surface area contributed by atoms with Crippen LogP contribution >= 0.6 is 0 Å². The smallest absolute Gasteiger partial charge is 0.410 e. The molecule has 0 radical (unpaired) electrons. The number of carbonyl (C=O) groups is 2. The maximum absolute atomic E-state index is 12.1. The van der Waals surface area contributed by atoms with Crippen LogP contribution in [0.25, 0.3) is 0 Å². The lowest BCUT2D eigenvalue weighted by atomic mass is 9.77. The predicted molar refractivity (Wildman–Crippen MR) is 77.7 cm³/mol. The molecule has 1 atom stereocenters. The first-order valence-corrected chi connectivity index (χ1v) is 7.39. The average Bonchev–Trinajstić information content (AvgIpc) is 2.94. The quantitative estimate of drug-likeness (QED) is 0.897. The van der Waals surface area contributed by atoms with Crippen LogP contribution < -0.4 is 5.32 Å². The van der Waals surface area contributed by atoms with E-state index < -0.39 is 0 Å². The number of ketones is 1. The van der Waals surface area contributed by atoms with Gasteiger partial charge < -0.3 is 15.0 Å². The van der Waals surface area contributed by atoms with E-state index in [9.17, 15) is 9.59 Å². The van der Waals surface area contributed by atoms with Crippen LogP contribution in [0.4, 0.5) is 4.79 Å². The molecule has 5 heteroatoms. The second-order valence-electron chi connectivity index (χ2n) is 5.84. The monoisotopic (exact) mass is 288 g/mol. The zero-order chi connectivity index (χ0) is 14.7. The maximum Gasteiger partial charge on any atom is 0.410 e. The van der Waals surface area contributed by atoms with Gasteiger partial charge in [-0.15, -0.1) is 0 Å². The number of amides is 1. The van der Waals surface area contributed by atoms with Gasteiger partial charge in [0.2, 0.25) is 0 Å². The number of hydrogen-bond acceptors (Lipinski definition) is 4. The number of benzene rings is 1. The summed E-state index contributed by atoms with van der Waals surface area (Å²) in [7, 11) is 0. The van der Waals surface area contributed by atoms with Crippen LogP contribution in [-0.4, -0.2) is 43.0 Å². The number of carbonyl (C=O) groups excluding carboxylic acids is 2. The summed E-state index contributed by atoms with van der Waals surface area (Å²) in [6.07, 6.45) is 1.25. The summed E-state index contributed by atoms with van der Waals surface area (Å²) >= 11 is 0. The first kappa shape index (κ1) is 14.1. The van der Waals surface area contributed by atoms with Crippen molar-refractivity contribution in [3.8, 4) is 0 Å². The second-order valence-corrected chi connectivity index (χ2v) is 5.84. The van der Waals surface area contributed by atoms with Crippen LogP contribution in [0.2, 0.25) is 0 Å². The third-order valence-electron chi connectivity index (χ3n) is 4.47. The molecule has 1 amide bonds. The number of nitrogens with zero attached hydrogens (tertiary/aromatic N) is 1. The lowest BCUT2D eigenvalue weighted by Gasteiger charge is -2.31. The van der Waals surface area contributed by atoms with E-state index in [-0.39, 0.29) is 23.9 Å². The zero-order valence-electron chi connectivity index (χ0n) is 12.0. The molecule has 112 valence electrons. The highest BCUT2D eigenvalue weighted by Gasteiger charge is 2.46. The number of hydrogen-bond donors (Lipinski definition) is 1. The molecule has 1 N–H and O–H groups in total. The fraction of sp³-hybridized carbons (Fsp3) is 0.500. The van der Waals surface area contributed by atoms with Gasteiger partial charge in [0.15, 0.2) is 5.78 Å². The summed E-state index contributed by atoms with van der Waals surface area (Å²) in [5.41, 5.74) is 0.634. The molecule has 3 rings (SSSR count). The van der Waals surface area contributed by atoms with Gasteiger partial charge in [0.25, 0.3) is 0 Å². The van der Waals surface area contributed by atoms with Gasteiger partial charge in [-0.3, -0.25) is 4.79 Å². The van der Waals surface area contributed by atoms with E-state index >= 15 is 0 Å². The summed E-state index contributed by atoms with van der Waals surface area (Å²) in [6, 6.07) is 9.62. The van der Waals surface area contributed by atoms with E-state index in [0.29, 0.717) is 19.6 Å². The number of likely N-dealkylation sites (tertiary alicyclic amines) is 1. The van der Waals surface area contributed by atoms with Gasteiger partial charge in [-0.1, -0.05) is 30.3 Å².